The summed E-state index contributed by atoms with van der Waals surface area (Å²) >= 11 is 7.09. The minimum absolute atomic E-state index is 0.00162. The number of hydrogen-bond acceptors (Lipinski definition) is 14. The Morgan fingerprint density at radius 1 is 0.383 bits per heavy atom. The fourth-order valence-corrected chi connectivity index (χ4v) is 9.81. The smallest absolute Gasteiger partial charge is 0.302 e. The van der Waals surface area contributed by atoms with Crippen molar-refractivity contribution >= 4 is 161 Å². The average Bonchev–Trinajstić information content (AvgIpc) is 3.14. The first-order valence-corrected chi connectivity index (χ1v) is 21.7. The molecule has 2 aromatic carbocycles. The number of nitrogens with one attached hydrogen (secondary N) is 6. The van der Waals surface area contributed by atoms with Gasteiger partial charge in [0, 0.05) is 52.7 Å². The molecule has 0 saturated carbocycles. The molecule has 6 amide bonds. The summed E-state index contributed by atoms with van der Waals surface area (Å²) in [6.07, 6.45) is 0. The molecule has 0 aromatic heterocycles. The molecule has 0 heterocycles. The van der Waals surface area contributed by atoms with Crippen molar-refractivity contribution < 1.29 is 66.9 Å². The Hall–Kier alpha value is -3.94. The largest absolute Gasteiger partial charge is 0.464 e. The van der Waals surface area contributed by atoms with Gasteiger partial charge in [0.15, 0.2) is 0 Å². The van der Waals surface area contributed by atoms with Gasteiger partial charge in [0.05, 0.1) is 74.1 Å². The Morgan fingerprint density at radius 3 is 0.750 bits per heavy atom. The van der Waals surface area contributed by atoms with Crippen molar-refractivity contribution in [3.8, 4) is 11.1 Å². The zero-order valence-electron chi connectivity index (χ0n) is 32.9. The summed E-state index contributed by atoms with van der Waals surface area (Å²) < 4.78 is 20.1. The second-order valence-corrected chi connectivity index (χ2v) is 16.3. The van der Waals surface area contributed by atoms with Gasteiger partial charge in [-0.3, -0.25) is 47.9 Å². The van der Waals surface area contributed by atoms with E-state index in [9.17, 15) is 47.9 Å². The van der Waals surface area contributed by atoms with E-state index in [-0.39, 0.29) is 112 Å². The molecular weight excluding hydrogens is 1250 g/mol. The number of halogens is 4. The van der Waals surface area contributed by atoms with Crippen LogP contribution in [0.25, 0.3) is 11.1 Å². The number of rotatable bonds is 19. The molecule has 2 aromatic rings. The van der Waals surface area contributed by atoms with Crippen LogP contribution in [0.1, 0.15) is 83.0 Å². The van der Waals surface area contributed by atoms with Crippen LogP contribution in [-0.2, 0) is 47.7 Å². The van der Waals surface area contributed by atoms with Gasteiger partial charge in [-0.15, -0.1) is 0 Å². The van der Waals surface area contributed by atoms with E-state index < -0.39 is 59.3 Å². The second kappa shape index (κ2) is 25.1. The van der Waals surface area contributed by atoms with E-state index in [1.54, 1.807) is 90.4 Å². The van der Waals surface area contributed by atoms with Gasteiger partial charge in [0.2, 0.25) is 11.8 Å². The Morgan fingerprint density at radius 2 is 0.583 bits per heavy atom. The second-order valence-electron chi connectivity index (χ2n) is 12.0. The summed E-state index contributed by atoms with van der Waals surface area (Å²) in [5, 5.41) is 15.8. The average molecular weight is 1290 g/mol. The minimum atomic E-state index is -0.906. The van der Waals surface area contributed by atoms with E-state index in [0.29, 0.717) is 0 Å². The molecule has 0 aliphatic heterocycles. The van der Waals surface area contributed by atoms with Crippen LogP contribution in [0, 0.1) is 14.3 Å². The van der Waals surface area contributed by atoms with Crippen molar-refractivity contribution in [2.45, 2.75) is 41.5 Å². The highest BCUT2D eigenvalue weighted by molar-refractivity contribution is 14.1. The maximum absolute atomic E-state index is 14.5. The lowest BCUT2D eigenvalue weighted by Gasteiger charge is -2.27. The van der Waals surface area contributed by atoms with Gasteiger partial charge in [0.25, 0.3) is 23.6 Å². The lowest BCUT2D eigenvalue weighted by Crippen LogP contribution is -2.35. The van der Waals surface area contributed by atoms with Crippen molar-refractivity contribution in [3.05, 3.63) is 36.5 Å². The molecule has 2 rings (SSSR count). The first-order chi connectivity index (χ1) is 28.1. The lowest BCUT2D eigenvalue weighted by atomic mass is 9.85. The van der Waals surface area contributed by atoms with Crippen LogP contribution >= 0.6 is 90.4 Å². The van der Waals surface area contributed by atoms with E-state index >= 15 is 0 Å². The molecule has 326 valence electrons. The van der Waals surface area contributed by atoms with E-state index in [1.807, 2.05) is 0 Å². The number of esters is 4. The molecule has 0 saturated heterocycles. The van der Waals surface area contributed by atoms with Gasteiger partial charge < -0.3 is 50.8 Å². The van der Waals surface area contributed by atoms with Crippen molar-refractivity contribution in [3.63, 3.8) is 0 Å². The van der Waals surface area contributed by atoms with Crippen molar-refractivity contribution in [1.82, 2.24) is 21.3 Å². The topological polar surface area (TPSA) is 280 Å². The monoisotopic (exact) mass is 1290 g/mol. The van der Waals surface area contributed by atoms with Crippen LogP contribution < -0.4 is 31.9 Å². The third-order valence-electron chi connectivity index (χ3n) is 7.29. The quantitative estimate of drug-likeness (QED) is 0.0511. The highest BCUT2D eigenvalue weighted by Crippen LogP contribution is 2.46. The summed E-state index contributed by atoms with van der Waals surface area (Å²) in [7, 11) is 0. The molecule has 0 aliphatic carbocycles. The number of benzene rings is 2. The van der Waals surface area contributed by atoms with Crippen LogP contribution in [0.15, 0.2) is 0 Å². The standard InChI is InChI=1S/C36H40I4N6O14/c1-15(47)45-31-27(37)23(33(53)41-7-11-57-17(3)49)21(24(28(31)38)34(54)42-8-12-58-18(4)50)22-25(35(55)43-9-13-59-19(5)51)29(39)32(46-16(2)48)30(40)26(22)36(56)44-10-14-60-20(6)52/h7-14H2,1-6H3,(H,41,53)(H,42,54)(H,43,55)(H,44,56)(H,45,47)(H,46,48). The summed E-state index contributed by atoms with van der Waals surface area (Å²) in [6, 6.07) is 0. The third-order valence-corrected chi connectivity index (χ3v) is 11.6. The van der Waals surface area contributed by atoms with Gasteiger partial charge in [0.1, 0.15) is 26.4 Å². The Bertz CT molecular complexity index is 1830. The number of carbonyl (C=O) groups excluding carboxylic acids is 10. The van der Waals surface area contributed by atoms with Crippen LogP contribution in [0.4, 0.5) is 11.4 Å². The summed E-state index contributed by atoms with van der Waals surface area (Å²) in [5.74, 6) is -7.34. The van der Waals surface area contributed by atoms with Crippen LogP contribution in [0.5, 0.6) is 0 Å². The highest BCUT2D eigenvalue weighted by atomic mass is 127. The maximum atomic E-state index is 14.5. The molecule has 24 heteroatoms. The van der Waals surface area contributed by atoms with Crippen molar-refractivity contribution in [1.29, 1.82) is 0 Å². The number of amides is 6. The fraction of sp³-hybridized carbons (Fsp3) is 0.389. The molecule has 0 radical (unpaired) electrons. The fourth-order valence-electron chi connectivity index (χ4n) is 5.10. The highest BCUT2D eigenvalue weighted by Gasteiger charge is 2.38. The van der Waals surface area contributed by atoms with Gasteiger partial charge in [-0.25, -0.2) is 0 Å². The SMILES string of the molecule is CC(=O)Nc1c(I)c(C(=O)NCCOC(C)=O)c(-c2c(C(=O)NCCOC(C)=O)c(I)c(NC(C)=O)c(I)c2C(=O)NCCOC(C)=O)c(C(=O)NCCOC(C)=O)c1I. The number of anilines is 2. The van der Waals surface area contributed by atoms with Crippen LogP contribution in [-0.4, -0.2) is 112 Å². The minimum Gasteiger partial charge on any atom is -0.464 e. The molecule has 0 spiro atoms. The first-order valence-electron chi connectivity index (χ1n) is 17.4. The summed E-state index contributed by atoms with van der Waals surface area (Å²) in [4.78, 5) is 129. The lowest BCUT2D eigenvalue weighted by molar-refractivity contribution is -0.141. The van der Waals surface area contributed by atoms with Crippen LogP contribution in [0.3, 0.4) is 0 Å². The zero-order chi connectivity index (χ0) is 45.4. The normalized spacial score (nSPS) is 10.4. The molecule has 0 bridgehead atoms. The van der Waals surface area contributed by atoms with Gasteiger partial charge in [-0.1, -0.05) is 0 Å². The number of carbonyl (C=O) groups is 10. The molecule has 0 atom stereocenters. The predicted octanol–water partition coefficient (Wildman–Crippen LogP) is 2.86. The molecule has 0 fully saturated rings. The Balaban J connectivity index is 3.38. The summed E-state index contributed by atoms with van der Waals surface area (Å²) in [5.41, 5.74) is -1.89. The van der Waals surface area contributed by atoms with Crippen molar-refractivity contribution in [2.75, 3.05) is 63.2 Å². The molecule has 0 unspecified atom stereocenters. The van der Waals surface area contributed by atoms with E-state index in [0.717, 1.165) is 0 Å². The molecule has 6 N–H and O–H groups in total. The predicted molar refractivity (Wildman–Crippen MR) is 247 cm³/mol. The Labute approximate surface area is 398 Å². The molecule has 0 aliphatic rings. The maximum Gasteiger partial charge on any atom is 0.302 e. The van der Waals surface area contributed by atoms with Gasteiger partial charge >= 0.3 is 23.9 Å². The van der Waals surface area contributed by atoms with Gasteiger partial charge in [-0.2, -0.15) is 0 Å². The van der Waals surface area contributed by atoms with E-state index in [4.69, 9.17) is 18.9 Å². The third kappa shape index (κ3) is 15.2. The molecular formula is C36H40I4N6O14. The van der Waals surface area contributed by atoms with E-state index in [1.165, 1.54) is 41.5 Å². The van der Waals surface area contributed by atoms with Crippen molar-refractivity contribution in [2.24, 2.45) is 0 Å². The zero-order valence-corrected chi connectivity index (χ0v) is 41.5. The number of ether oxygens (including phenoxy) is 4. The molecule has 20 nitrogen and oxygen atoms in total. The first kappa shape index (κ1) is 52.2. The van der Waals surface area contributed by atoms with Gasteiger partial charge in [-0.05, 0) is 90.4 Å². The number of hydrogen-bond donors (Lipinski definition) is 6. The molecule has 60 heavy (non-hydrogen) atoms. The Kier molecular flexibility index (Phi) is 21.8. The van der Waals surface area contributed by atoms with E-state index in [2.05, 4.69) is 31.9 Å². The summed E-state index contributed by atoms with van der Waals surface area (Å²) in [6.45, 7) is 4.98. The van der Waals surface area contributed by atoms with Crippen LogP contribution in [0.2, 0.25) is 0 Å².